The number of aliphatic hydroxyl groups is 1. The molecule has 1 saturated carbocycles. The van der Waals surface area contributed by atoms with Gasteiger partial charge in [-0.3, -0.25) is 4.79 Å². The predicted molar refractivity (Wildman–Crippen MR) is 54.0 cm³/mol. The minimum atomic E-state index is -0.751. The Labute approximate surface area is 85.1 Å². The van der Waals surface area contributed by atoms with Crippen LogP contribution in [0, 0.1) is 11.8 Å². The molecule has 82 valence electrons. The van der Waals surface area contributed by atoms with Gasteiger partial charge in [-0.2, -0.15) is 0 Å². The Bertz CT molecular complexity index is 191. The van der Waals surface area contributed by atoms with Crippen molar-refractivity contribution in [2.75, 3.05) is 0 Å². The molecule has 0 amide bonds. The lowest BCUT2D eigenvalue weighted by atomic mass is 9.82. The predicted octanol–water partition coefficient (Wildman–Crippen LogP) is 2.04. The van der Waals surface area contributed by atoms with Crippen molar-refractivity contribution in [1.82, 2.24) is 0 Å². The first kappa shape index (κ1) is 11.5. The zero-order valence-electron chi connectivity index (χ0n) is 8.78. The fourth-order valence-corrected chi connectivity index (χ4v) is 2.45. The van der Waals surface area contributed by atoms with Gasteiger partial charge in [0.05, 0.1) is 12.0 Å². The molecule has 0 saturated heterocycles. The lowest BCUT2D eigenvalue weighted by molar-refractivity contribution is -0.145. The molecule has 3 unspecified atom stereocenters. The van der Waals surface area contributed by atoms with Crippen molar-refractivity contribution in [3.8, 4) is 0 Å². The van der Waals surface area contributed by atoms with Gasteiger partial charge >= 0.3 is 5.97 Å². The number of aliphatic hydroxyl groups excluding tert-OH is 1. The topological polar surface area (TPSA) is 57.5 Å². The maximum atomic E-state index is 11.0. The fourth-order valence-electron chi connectivity index (χ4n) is 2.45. The smallest absolute Gasteiger partial charge is 0.306 e. The maximum absolute atomic E-state index is 11.0. The van der Waals surface area contributed by atoms with Gasteiger partial charge in [0.2, 0.25) is 0 Å². The Morgan fingerprint density at radius 1 is 1.36 bits per heavy atom. The standard InChI is InChI=1S/C11H20O3/c1-2-8(11(13)14)9-6-4-3-5-7-10(9)12/h8-10,12H,2-7H2,1H3,(H,13,14). The molecule has 0 aromatic rings. The monoisotopic (exact) mass is 200 g/mol. The van der Waals surface area contributed by atoms with Crippen LogP contribution in [0.4, 0.5) is 0 Å². The molecule has 1 aliphatic rings. The number of hydrogen-bond acceptors (Lipinski definition) is 2. The van der Waals surface area contributed by atoms with Crippen LogP contribution in [-0.4, -0.2) is 22.3 Å². The lowest BCUT2D eigenvalue weighted by Gasteiger charge is -2.25. The molecule has 1 fully saturated rings. The number of carboxylic acids is 1. The summed E-state index contributed by atoms with van der Waals surface area (Å²) >= 11 is 0. The molecule has 0 aromatic heterocycles. The third kappa shape index (κ3) is 2.71. The molecule has 14 heavy (non-hydrogen) atoms. The van der Waals surface area contributed by atoms with Crippen LogP contribution >= 0.6 is 0 Å². The molecular weight excluding hydrogens is 180 g/mol. The van der Waals surface area contributed by atoms with Crippen LogP contribution in [-0.2, 0) is 4.79 Å². The van der Waals surface area contributed by atoms with Gasteiger partial charge in [-0.15, -0.1) is 0 Å². The number of rotatable bonds is 3. The summed E-state index contributed by atoms with van der Waals surface area (Å²) in [5.74, 6) is -1.14. The van der Waals surface area contributed by atoms with Gasteiger partial charge in [0.1, 0.15) is 0 Å². The second kappa shape index (κ2) is 5.35. The van der Waals surface area contributed by atoms with Gasteiger partial charge in [-0.25, -0.2) is 0 Å². The van der Waals surface area contributed by atoms with Crippen molar-refractivity contribution >= 4 is 5.97 Å². The van der Waals surface area contributed by atoms with E-state index < -0.39 is 12.1 Å². The molecule has 0 aromatic carbocycles. The van der Waals surface area contributed by atoms with Gasteiger partial charge in [0, 0.05) is 0 Å². The van der Waals surface area contributed by atoms with Crippen molar-refractivity contribution in [2.45, 2.75) is 51.6 Å². The van der Waals surface area contributed by atoms with E-state index in [1.54, 1.807) is 0 Å². The summed E-state index contributed by atoms with van der Waals surface area (Å²) in [6.07, 6.45) is 5.08. The number of carboxylic acid groups (broad SMARTS) is 1. The summed E-state index contributed by atoms with van der Waals surface area (Å²) in [7, 11) is 0. The van der Waals surface area contributed by atoms with Gasteiger partial charge < -0.3 is 10.2 Å². The summed E-state index contributed by atoms with van der Waals surface area (Å²) in [5, 5.41) is 18.9. The summed E-state index contributed by atoms with van der Waals surface area (Å²) in [4.78, 5) is 11.0. The quantitative estimate of drug-likeness (QED) is 0.685. The summed E-state index contributed by atoms with van der Waals surface area (Å²) in [5.41, 5.74) is 0. The van der Waals surface area contributed by atoms with Gasteiger partial charge in [0.25, 0.3) is 0 Å². The molecular formula is C11H20O3. The zero-order chi connectivity index (χ0) is 10.6. The highest BCUT2D eigenvalue weighted by molar-refractivity contribution is 5.70. The van der Waals surface area contributed by atoms with E-state index in [2.05, 4.69) is 0 Å². The van der Waals surface area contributed by atoms with Crippen LogP contribution in [0.5, 0.6) is 0 Å². The average Bonchev–Trinajstić information content (AvgIpc) is 2.33. The Morgan fingerprint density at radius 2 is 2.00 bits per heavy atom. The lowest BCUT2D eigenvalue weighted by Crippen LogP contribution is -2.31. The Kier molecular flexibility index (Phi) is 4.39. The Hall–Kier alpha value is -0.570. The SMILES string of the molecule is CCC(C(=O)O)C1CCCCCC1O. The molecule has 0 spiro atoms. The molecule has 3 nitrogen and oxygen atoms in total. The highest BCUT2D eigenvalue weighted by atomic mass is 16.4. The van der Waals surface area contributed by atoms with Crippen LogP contribution in [0.15, 0.2) is 0 Å². The fraction of sp³-hybridized carbons (Fsp3) is 0.909. The highest BCUT2D eigenvalue weighted by Crippen LogP contribution is 2.31. The Morgan fingerprint density at radius 3 is 2.57 bits per heavy atom. The van der Waals surface area contributed by atoms with E-state index >= 15 is 0 Å². The number of hydrogen-bond donors (Lipinski definition) is 2. The first-order valence-electron chi connectivity index (χ1n) is 5.57. The Balaban J connectivity index is 2.65. The van der Waals surface area contributed by atoms with Crippen LogP contribution < -0.4 is 0 Å². The minimum absolute atomic E-state index is 0.0278. The molecule has 3 heteroatoms. The van der Waals surface area contributed by atoms with E-state index in [9.17, 15) is 9.90 Å². The van der Waals surface area contributed by atoms with Gasteiger partial charge in [-0.1, -0.05) is 26.2 Å². The van der Waals surface area contributed by atoms with Crippen molar-refractivity contribution in [2.24, 2.45) is 11.8 Å². The molecule has 0 heterocycles. The van der Waals surface area contributed by atoms with Crippen LogP contribution in [0.1, 0.15) is 45.4 Å². The van der Waals surface area contributed by atoms with Gasteiger partial charge in [-0.05, 0) is 25.2 Å². The molecule has 1 aliphatic carbocycles. The third-order valence-corrected chi connectivity index (χ3v) is 3.31. The third-order valence-electron chi connectivity index (χ3n) is 3.31. The van der Waals surface area contributed by atoms with Crippen molar-refractivity contribution in [3.05, 3.63) is 0 Å². The second-order valence-electron chi connectivity index (χ2n) is 4.22. The first-order valence-corrected chi connectivity index (χ1v) is 5.57. The van der Waals surface area contributed by atoms with Gasteiger partial charge in [0.15, 0.2) is 0 Å². The first-order chi connectivity index (χ1) is 6.66. The van der Waals surface area contributed by atoms with Crippen LogP contribution in [0.25, 0.3) is 0 Å². The summed E-state index contributed by atoms with van der Waals surface area (Å²) < 4.78 is 0. The highest BCUT2D eigenvalue weighted by Gasteiger charge is 2.32. The van der Waals surface area contributed by atoms with Crippen LogP contribution in [0.2, 0.25) is 0 Å². The second-order valence-corrected chi connectivity index (χ2v) is 4.22. The van der Waals surface area contributed by atoms with Crippen molar-refractivity contribution < 1.29 is 15.0 Å². The van der Waals surface area contributed by atoms with Crippen molar-refractivity contribution in [3.63, 3.8) is 0 Å². The summed E-state index contributed by atoms with van der Waals surface area (Å²) in [6, 6.07) is 0. The van der Waals surface area contributed by atoms with Crippen molar-refractivity contribution in [1.29, 1.82) is 0 Å². The van der Waals surface area contributed by atoms with E-state index in [1.165, 1.54) is 0 Å². The molecule has 1 rings (SSSR count). The number of carbonyl (C=O) groups is 1. The number of aliphatic carboxylic acids is 1. The average molecular weight is 200 g/mol. The summed E-state index contributed by atoms with van der Waals surface area (Å²) in [6.45, 7) is 1.89. The molecule has 0 bridgehead atoms. The normalized spacial score (nSPS) is 30.7. The van der Waals surface area contributed by atoms with E-state index in [4.69, 9.17) is 5.11 Å². The largest absolute Gasteiger partial charge is 0.481 e. The van der Waals surface area contributed by atoms with E-state index in [0.29, 0.717) is 6.42 Å². The molecule has 2 N–H and O–H groups in total. The van der Waals surface area contributed by atoms with E-state index in [0.717, 1.165) is 32.1 Å². The molecule has 0 aliphatic heterocycles. The van der Waals surface area contributed by atoms with Crippen LogP contribution in [0.3, 0.4) is 0 Å². The zero-order valence-corrected chi connectivity index (χ0v) is 8.78. The minimum Gasteiger partial charge on any atom is -0.481 e. The van der Waals surface area contributed by atoms with E-state index in [1.807, 2.05) is 6.92 Å². The maximum Gasteiger partial charge on any atom is 0.306 e. The molecule has 3 atom stereocenters. The van der Waals surface area contributed by atoms with E-state index in [-0.39, 0.29) is 11.8 Å². The molecule has 0 radical (unpaired) electrons.